The number of hydrogen-bond acceptors (Lipinski definition) is 2. The molecule has 0 bridgehead atoms. The van der Waals surface area contributed by atoms with Crippen LogP contribution in [-0.2, 0) is 12.8 Å². The van der Waals surface area contributed by atoms with Crippen LogP contribution in [-0.4, -0.2) is 6.61 Å². The van der Waals surface area contributed by atoms with Crippen molar-refractivity contribution in [2.45, 2.75) is 18.9 Å². The van der Waals surface area contributed by atoms with Crippen molar-refractivity contribution in [2.75, 3.05) is 6.61 Å². The van der Waals surface area contributed by atoms with Crippen molar-refractivity contribution >= 4 is 27.5 Å². The highest BCUT2D eigenvalue weighted by molar-refractivity contribution is 9.10. The molecule has 1 heterocycles. The van der Waals surface area contributed by atoms with Gasteiger partial charge in [0.25, 0.3) is 0 Å². The Morgan fingerprint density at radius 3 is 2.75 bits per heavy atom. The second kappa shape index (κ2) is 5.76. The van der Waals surface area contributed by atoms with Crippen molar-refractivity contribution in [2.24, 2.45) is 5.73 Å². The summed E-state index contributed by atoms with van der Waals surface area (Å²) >= 11 is 9.61. The number of hydrogen-bond donors (Lipinski definition) is 1. The molecule has 0 aromatic heterocycles. The lowest BCUT2D eigenvalue weighted by molar-refractivity contribution is 0.352. The van der Waals surface area contributed by atoms with E-state index in [9.17, 15) is 0 Å². The van der Waals surface area contributed by atoms with E-state index in [1.165, 1.54) is 5.56 Å². The van der Waals surface area contributed by atoms with Crippen molar-refractivity contribution in [1.82, 2.24) is 0 Å². The molecule has 104 valence electrons. The Balaban J connectivity index is 1.86. The average Bonchev–Trinajstić information content (AvgIpc) is 2.87. The minimum atomic E-state index is -0.0603. The third-order valence-corrected chi connectivity index (χ3v) is 4.31. The summed E-state index contributed by atoms with van der Waals surface area (Å²) in [7, 11) is 0. The van der Waals surface area contributed by atoms with Gasteiger partial charge in [-0.05, 0) is 47.4 Å². The smallest absolute Gasteiger partial charge is 0.125 e. The molecule has 0 spiro atoms. The van der Waals surface area contributed by atoms with E-state index in [0.717, 1.165) is 45.8 Å². The molecule has 2 N–H and O–H groups in total. The van der Waals surface area contributed by atoms with E-state index in [1.807, 2.05) is 36.4 Å². The molecule has 2 nitrogen and oxygen atoms in total. The van der Waals surface area contributed by atoms with Crippen LogP contribution in [0.3, 0.4) is 0 Å². The van der Waals surface area contributed by atoms with Crippen LogP contribution in [0.5, 0.6) is 5.75 Å². The van der Waals surface area contributed by atoms with Gasteiger partial charge in [0.05, 0.1) is 6.61 Å². The second-order valence-corrected chi connectivity index (χ2v) is 6.37. The molecule has 0 aliphatic carbocycles. The first-order valence-electron chi connectivity index (χ1n) is 6.58. The van der Waals surface area contributed by atoms with E-state index in [-0.39, 0.29) is 6.04 Å². The number of nitrogens with two attached hydrogens (primary N) is 1. The topological polar surface area (TPSA) is 35.2 Å². The van der Waals surface area contributed by atoms with Crippen LogP contribution in [0.1, 0.15) is 22.7 Å². The van der Waals surface area contributed by atoms with Crippen molar-refractivity contribution in [3.63, 3.8) is 0 Å². The molecule has 1 unspecified atom stereocenters. The Bertz CT molecular complexity index is 627. The molecule has 0 amide bonds. The van der Waals surface area contributed by atoms with Gasteiger partial charge in [0.1, 0.15) is 5.75 Å². The first kappa shape index (κ1) is 13.9. The first-order valence-corrected chi connectivity index (χ1v) is 7.76. The first-order chi connectivity index (χ1) is 9.63. The standard InChI is InChI=1S/C16H15BrClNO/c17-13-3-1-10(2-4-13)15(19)9-12-8-14(18)7-11-5-6-20-16(11)12/h1-4,7-8,15H,5-6,9,19H2. The van der Waals surface area contributed by atoms with Gasteiger partial charge in [-0.15, -0.1) is 0 Å². The van der Waals surface area contributed by atoms with Gasteiger partial charge in [-0.1, -0.05) is 39.7 Å². The third kappa shape index (κ3) is 2.85. The highest BCUT2D eigenvalue weighted by atomic mass is 79.9. The second-order valence-electron chi connectivity index (χ2n) is 5.01. The molecule has 0 radical (unpaired) electrons. The van der Waals surface area contributed by atoms with Gasteiger partial charge in [0, 0.05) is 22.0 Å². The molecule has 2 aromatic rings. The van der Waals surface area contributed by atoms with Gasteiger partial charge < -0.3 is 10.5 Å². The summed E-state index contributed by atoms with van der Waals surface area (Å²) < 4.78 is 6.77. The molecule has 0 fully saturated rings. The summed E-state index contributed by atoms with van der Waals surface area (Å²) in [5.41, 5.74) is 9.71. The SMILES string of the molecule is NC(Cc1cc(Cl)cc2c1OCC2)c1ccc(Br)cc1. The zero-order chi connectivity index (χ0) is 14.1. The fraction of sp³-hybridized carbons (Fsp3) is 0.250. The van der Waals surface area contributed by atoms with E-state index in [1.54, 1.807) is 0 Å². The van der Waals surface area contributed by atoms with Crippen LogP contribution in [0.2, 0.25) is 5.02 Å². The minimum absolute atomic E-state index is 0.0603. The number of benzene rings is 2. The number of ether oxygens (including phenoxy) is 1. The van der Waals surface area contributed by atoms with Crippen LogP contribution < -0.4 is 10.5 Å². The fourth-order valence-electron chi connectivity index (χ4n) is 2.56. The molecular formula is C16H15BrClNO. The Kier molecular flexibility index (Phi) is 4.01. The van der Waals surface area contributed by atoms with Crippen LogP contribution in [0.25, 0.3) is 0 Å². The van der Waals surface area contributed by atoms with Gasteiger partial charge >= 0.3 is 0 Å². The predicted octanol–water partition coefficient (Wildman–Crippen LogP) is 4.28. The Labute approximate surface area is 132 Å². The lowest BCUT2D eigenvalue weighted by Crippen LogP contribution is -2.13. The van der Waals surface area contributed by atoms with Gasteiger partial charge in [0.2, 0.25) is 0 Å². The molecule has 4 heteroatoms. The normalized spacial score (nSPS) is 14.8. The molecule has 0 saturated carbocycles. The quantitative estimate of drug-likeness (QED) is 0.895. The van der Waals surface area contributed by atoms with Gasteiger partial charge in [-0.25, -0.2) is 0 Å². The largest absolute Gasteiger partial charge is 0.493 e. The van der Waals surface area contributed by atoms with E-state index in [2.05, 4.69) is 15.9 Å². The van der Waals surface area contributed by atoms with Gasteiger partial charge in [-0.3, -0.25) is 0 Å². The van der Waals surface area contributed by atoms with Gasteiger partial charge in [0.15, 0.2) is 0 Å². The maximum Gasteiger partial charge on any atom is 0.125 e. The van der Waals surface area contributed by atoms with E-state index in [4.69, 9.17) is 22.1 Å². The van der Waals surface area contributed by atoms with Crippen molar-refractivity contribution in [3.8, 4) is 5.75 Å². The highest BCUT2D eigenvalue weighted by Crippen LogP contribution is 2.35. The number of halogens is 2. The van der Waals surface area contributed by atoms with Crippen molar-refractivity contribution in [3.05, 3.63) is 62.6 Å². The van der Waals surface area contributed by atoms with Crippen molar-refractivity contribution < 1.29 is 4.74 Å². The predicted molar refractivity (Wildman–Crippen MR) is 85.4 cm³/mol. The summed E-state index contributed by atoms with van der Waals surface area (Å²) in [5, 5.41) is 0.757. The highest BCUT2D eigenvalue weighted by Gasteiger charge is 2.19. The third-order valence-electron chi connectivity index (χ3n) is 3.56. The lowest BCUT2D eigenvalue weighted by atomic mass is 9.97. The molecular weight excluding hydrogens is 338 g/mol. The van der Waals surface area contributed by atoms with Crippen LogP contribution in [0, 0.1) is 0 Å². The molecule has 3 rings (SSSR count). The molecule has 2 aromatic carbocycles. The van der Waals surface area contributed by atoms with E-state index in [0.29, 0.717) is 0 Å². The Morgan fingerprint density at radius 1 is 1.25 bits per heavy atom. The maximum absolute atomic E-state index is 6.31. The zero-order valence-corrected chi connectivity index (χ0v) is 13.2. The Hall–Kier alpha value is -1.03. The van der Waals surface area contributed by atoms with Gasteiger partial charge in [-0.2, -0.15) is 0 Å². The van der Waals surface area contributed by atoms with Crippen LogP contribution in [0.4, 0.5) is 0 Å². The summed E-state index contributed by atoms with van der Waals surface area (Å²) in [6.45, 7) is 0.732. The Morgan fingerprint density at radius 2 is 2.00 bits per heavy atom. The maximum atomic E-state index is 6.31. The molecule has 20 heavy (non-hydrogen) atoms. The molecule has 1 aliphatic heterocycles. The number of fused-ring (bicyclic) bond motifs is 1. The number of rotatable bonds is 3. The van der Waals surface area contributed by atoms with E-state index >= 15 is 0 Å². The van der Waals surface area contributed by atoms with Crippen LogP contribution >= 0.6 is 27.5 Å². The fourth-order valence-corrected chi connectivity index (χ4v) is 3.09. The minimum Gasteiger partial charge on any atom is -0.493 e. The van der Waals surface area contributed by atoms with Crippen molar-refractivity contribution in [1.29, 1.82) is 0 Å². The van der Waals surface area contributed by atoms with E-state index < -0.39 is 0 Å². The summed E-state index contributed by atoms with van der Waals surface area (Å²) in [5.74, 6) is 0.974. The zero-order valence-electron chi connectivity index (χ0n) is 10.9. The summed E-state index contributed by atoms with van der Waals surface area (Å²) in [6.07, 6.45) is 1.65. The average molecular weight is 353 g/mol. The lowest BCUT2D eigenvalue weighted by Gasteiger charge is -2.15. The molecule has 1 atom stereocenters. The van der Waals surface area contributed by atoms with Crippen LogP contribution in [0.15, 0.2) is 40.9 Å². The summed E-state index contributed by atoms with van der Waals surface area (Å²) in [4.78, 5) is 0. The monoisotopic (exact) mass is 351 g/mol. The summed E-state index contributed by atoms with van der Waals surface area (Å²) in [6, 6.07) is 12.0. The molecule has 1 aliphatic rings. The molecule has 0 saturated heterocycles.